The molecule has 1 saturated heterocycles. The standard InChI is InChI=1S/C19H20N4O4/c1-27-17-7-4-14(5-8-17)19(24)21-20-13-15-12-16(23(25)26)6-9-18(15)22-10-2-3-11-22/h4-9,12-13H,2-3,10-11H2,1H3,(H,21,24)/b20-13-. The number of benzene rings is 2. The predicted octanol–water partition coefficient (Wildman–Crippen LogP) is 2.97. The summed E-state index contributed by atoms with van der Waals surface area (Å²) in [4.78, 5) is 25.0. The minimum Gasteiger partial charge on any atom is -0.497 e. The Bertz CT molecular complexity index is 859. The second-order valence-corrected chi connectivity index (χ2v) is 6.12. The van der Waals surface area contributed by atoms with E-state index < -0.39 is 4.92 Å². The van der Waals surface area contributed by atoms with Gasteiger partial charge in [0.1, 0.15) is 5.75 Å². The SMILES string of the molecule is COc1ccc(C(=O)N/N=C\c2cc([N+](=O)[O-])ccc2N2CCCC2)cc1. The zero-order chi connectivity index (χ0) is 19.2. The van der Waals surface area contributed by atoms with Crippen LogP contribution in [-0.4, -0.2) is 37.2 Å². The predicted molar refractivity (Wildman–Crippen MR) is 103 cm³/mol. The molecule has 0 aromatic heterocycles. The fourth-order valence-electron chi connectivity index (χ4n) is 2.97. The van der Waals surface area contributed by atoms with E-state index in [1.807, 2.05) is 0 Å². The van der Waals surface area contributed by atoms with Crippen LogP contribution in [0.4, 0.5) is 11.4 Å². The van der Waals surface area contributed by atoms with Crippen molar-refractivity contribution in [3.05, 3.63) is 63.7 Å². The Balaban J connectivity index is 1.76. The largest absolute Gasteiger partial charge is 0.497 e. The van der Waals surface area contributed by atoms with E-state index in [1.165, 1.54) is 18.3 Å². The molecule has 1 aliphatic heterocycles. The fraction of sp³-hybridized carbons (Fsp3) is 0.263. The van der Waals surface area contributed by atoms with Crippen molar-refractivity contribution in [2.24, 2.45) is 5.10 Å². The molecule has 1 amide bonds. The van der Waals surface area contributed by atoms with Gasteiger partial charge in [-0.1, -0.05) is 0 Å². The minimum absolute atomic E-state index is 0.0131. The summed E-state index contributed by atoms with van der Waals surface area (Å²) in [6.45, 7) is 1.80. The van der Waals surface area contributed by atoms with Gasteiger partial charge in [-0.25, -0.2) is 5.43 Å². The number of hydrazone groups is 1. The molecule has 0 unspecified atom stereocenters. The number of hydrogen-bond donors (Lipinski definition) is 1. The van der Waals surface area contributed by atoms with E-state index in [0.717, 1.165) is 31.6 Å². The van der Waals surface area contributed by atoms with Gasteiger partial charge in [0.2, 0.25) is 0 Å². The molecule has 0 spiro atoms. The second kappa shape index (κ2) is 8.31. The lowest BCUT2D eigenvalue weighted by Crippen LogP contribution is -2.20. The number of anilines is 1. The highest BCUT2D eigenvalue weighted by atomic mass is 16.6. The van der Waals surface area contributed by atoms with Gasteiger partial charge in [0.25, 0.3) is 11.6 Å². The smallest absolute Gasteiger partial charge is 0.271 e. The Morgan fingerprint density at radius 2 is 1.93 bits per heavy atom. The summed E-state index contributed by atoms with van der Waals surface area (Å²) >= 11 is 0. The fourth-order valence-corrected chi connectivity index (χ4v) is 2.97. The van der Waals surface area contributed by atoms with Gasteiger partial charge in [-0.05, 0) is 43.2 Å². The normalized spacial score (nSPS) is 13.7. The number of carbonyl (C=O) groups is 1. The van der Waals surface area contributed by atoms with Crippen LogP contribution in [0.25, 0.3) is 0 Å². The van der Waals surface area contributed by atoms with Gasteiger partial charge >= 0.3 is 0 Å². The first-order valence-electron chi connectivity index (χ1n) is 8.59. The number of methoxy groups -OCH3 is 1. The molecular formula is C19H20N4O4. The average Bonchev–Trinajstić information content (AvgIpc) is 3.22. The van der Waals surface area contributed by atoms with Crippen molar-refractivity contribution in [1.82, 2.24) is 5.43 Å². The molecule has 0 atom stereocenters. The van der Waals surface area contributed by atoms with Crippen molar-refractivity contribution in [1.29, 1.82) is 0 Å². The summed E-state index contributed by atoms with van der Waals surface area (Å²) in [7, 11) is 1.55. The van der Waals surface area contributed by atoms with Gasteiger partial charge in [-0.3, -0.25) is 14.9 Å². The minimum atomic E-state index is -0.443. The molecular weight excluding hydrogens is 348 g/mol. The average molecular weight is 368 g/mol. The Morgan fingerprint density at radius 1 is 1.22 bits per heavy atom. The molecule has 2 aromatic rings. The molecule has 1 fully saturated rings. The molecule has 3 rings (SSSR count). The maximum Gasteiger partial charge on any atom is 0.271 e. The van der Waals surface area contributed by atoms with E-state index in [2.05, 4.69) is 15.4 Å². The van der Waals surface area contributed by atoms with Crippen LogP contribution in [0, 0.1) is 10.1 Å². The van der Waals surface area contributed by atoms with Gasteiger partial charge in [-0.15, -0.1) is 0 Å². The molecule has 2 aromatic carbocycles. The van der Waals surface area contributed by atoms with E-state index in [0.29, 0.717) is 16.9 Å². The summed E-state index contributed by atoms with van der Waals surface area (Å²) in [5.74, 6) is 0.281. The van der Waals surface area contributed by atoms with Crippen LogP contribution in [0.1, 0.15) is 28.8 Å². The van der Waals surface area contributed by atoms with Gasteiger partial charge in [0.05, 0.1) is 18.2 Å². The zero-order valence-corrected chi connectivity index (χ0v) is 14.9. The number of nitrogens with zero attached hydrogens (tertiary/aromatic N) is 3. The van der Waals surface area contributed by atoms with E-state index in [-0.39, 0.29) is 11.6 Å². The maximum atomic E-state index is 12.2. The molecule has 140 valence electrons. The number of non-ortho nitro benzene ring substituents is 1. The highest BCUT2D eigenvalue weighted by Gasteiger charge is 2.18. The van der Waals surface area contributed by atoms with Gasteiger partial charge in [0, 0.05) is 42.0 Å². The Morgan fingerprint density at radius 3 is 2.56 bits per heavy atom. The lowest BCUT2D eigenvalue weighted by atomic mass is 10.1. The van der Waals surface area contributed by atoms with Gasteiger partial charge < -0.3 is 9.64 Å². The van der Waals surface area contributed by atoms with Crippen LogP contribution in [0.5, 0.6) is 5.75 Å². The van der Waals surface area contributed by atoms with Gasteiger partial charge in [-0.2, -0.15) is 5.10 Å². The number of nitrogens with one attached hydrogen (secondary N) is 1. The third kappa shape index (κ3) is 4.41. The number of rotatable bonds is 6. The van der Waals surface area contributed by atoms with Crippen molar-refractivity contribution in [2.75, 3.05) is 25.1 Å². The first kappa shape index (κ1) is 18.4. The van der Waals surface area contributed by atoms with Crippen molar-refractivity contribution in [3.63, 3.8) is 0 Å². The third-order valence-corrected chi connectivity index (χ3v) is 4.39. The monoisotopic (exact) mass is 368 g/mol. The van der Waals surface area contributed by atoms with Crippen molar-refractivity contribution >= 4 is 23.5 Å². The summed E-state index contributed by atoms with van der Waals surface area (Å²) in [6.07, 6.45) is 3.62. The number of hydrogen-bond acceptors (Lipinski definition) is 6. The molecule has 0 saturated carbocycles. The molecule has 0 radical (unpaired) electrons. The van der Waals surface area contributed by atoms with Crippen LogP contribution in [0.3, 0.4) is 0 Å². The summed E-state index contributed by atoms with van der Waals surface area (Å²) in [6, 6.07) is 11.3. The zero-order valence-electron chi connectivity index (χ0n) is 14.9. The molecule has 8 heteroatoms. The van der Waals surface area contributed by atoms with Crippen LogP contribution in [-0.2, 0) is 0 Å². The third-order valence-electron chi connectivity index (χ3n) is 4.39. The molecule has 0 bridgehead atoms. The molecule has 1 aliphatic rings. The number of ether oxygens (including phenoxy) is 1. The summed E-state index contributed by atoms with van der Waals surface area (Å²) in [5.41, 5.74) is 4.35. The van der Waals surface area contributed by atoms with Crippen LogP contribution in [0.2, 0.25) is 0 Å². The molecule has 27 heavy (non-hydrogen) atoms. The Labute approximate surface area is 156 Å². The highest BCUT2D eigenvalue weighted by Crippen LogP contribution is 2.27. The quantitative estimate of drug-likeness (QED) is 0.480. The summed E-state index contributed by atoms with van der Waals surface area (Å²) in [5, 5.41) is 15.1. The van der Waals surface area contributed by atoms with Crippen LogP contribution in [0.15, 0.2) is 47.6 Å². The number of nitro benzene ring substituents is 1. The van der Waals surface area contributed by atoms with Crippen molar-refractivity contribution in [3.8, 4) is 5.75 Å². The summed E-state index contributed by atoms with van der Waals surface area (Å²) < 4.78 is 5.06. The Kier molecular flexibility index (Phi) is 5.65. The van der Waals surface area contributed by atoms with E-state index in [9.17, 15) is 14.9 Å². The highest BCUT2D eigenvalue weighted by molar-refractivity contribution is 5.96. The first-order valence-corrected chi connectivity index (χ1v) is 8.59. The van der Waals surface area contributed by atoms with Crippen LogP contribution >= 0.6 is 0 Å². The first-order chi connectivity index (χ1) is 13.1. The molecule has 1 heterocycles. The number of amides is 1. The van der Waals surface area contributed by atoms with E-state index >= 15 is 0 Å². The van der Waals surface area contributed by atoms with Crippen LogP contribution < -0.4 is 15.1 Å². The molecule has 0 aliphatic carbocycles. The Hall–Kier alpha value is -3.42. The molecule has 8 nitrogen and oxygen atoms in total. The van der Waals surface area contributed by atoms with Crippen molar-refractivity contribution < 1.29 is 14.5 Å². The van der Waals surface area contributed by atoms with Gasteiger partial charge in [0.15, 0.2) is 0 Å². The number of nitro groups is 1. The number of carbonyl (C=O) groups excluding carboxylic acids is 1. The topological polar surface area (TPSA) is 97.1 Å². The van der Waals surface area contributed by atoms with Crippen molar-refractivity contribution in [2.45, 2.75) is 12.8 Å². The lowest BCUT2D eigenvalue weighted by Gasteiger charge is -2.19. The van der Waals surface area contributed by atoms with E-state index in [4.69, 9.17) is 4.74 Å². The lowest BCUT2D eigenvalue weighted by molar-refractivity contribution is -0.384. The van der Waals surface area contributed by atoms with E-state index in [1.54, 1.807) is 37.4 Å². The molecule has 1 N–H and O–H groups in total. The second-order valence-electron chi connectivity index (χ2n) is 6.12. The maximum absolute atomic E-state index is 12.2.